The summed E-state index contributed by atoms with van der Waals surface area (Å²) in [4.78, 5) is 63.4. The lowest BCUT2D eigenvalue weighted by Crippen LogP contribution is -2.61. The van der Waals surface area contributed by atoms with E-state index in [1.54, 1.807) is 0 Å². The van der Waals surface area contributed by atoms with Gasteiger partial charge >= 0.3 is 40.7 Å². The molecule has 0 aromatic heterocycles. The van der Waals surface area contributed by atoms with Crippen LogP contribution in [0.25, 0.3) is 0 Å². The van der Waals surface area contributed by atoms with Gasteiger partial charge in [0.1, 0.15) is 42.9 Å². The maximum Gasteiger partial charge on any atom is 0.339 e. The summed E-state index contributed by atoms with van der Waals surface area (Å²) >= 11 is 0. The van der Waals surface area contributed by atoms with Crippen molar-refractivity contribution in [2.75, 3.05) is 38.8 Å². The Bertz CT molecular complexity index is 970. The summed E-state index contributed by atoms with van der Waals surface area (Å²) in [6.07, 6.45) is -12.9. The van der Waals surface area contributed by atoms with E-state index >= 15 is 0 Å². The van der Waals surface area contributed by atoms with Crippen molar-refractivity contribution < 1.29 is 85.9 Å². The van der Waals surface area contributed by atoms with E-state index in [0.29, 0.717) is 12.8 Å². The first-order valence-corrected chi connectivity index (χ1v) is 16.1. The number of rotatable bonds is 18. The third kappa shape index (κ3) is 12.3. The van der Waals surface area contributed by atoms with Crippen molar-refractivity contribution in [2.24, 2.45) is 0 Å². The van der Waals surface area contributed by atoms with Gasteiger partial charge in [-0.1, -0.05) is 13.3 Å². The number of unbranched alkanes of at least 4 members (excludes halogenated alkanes) is 1. The quantitative estimate of drug-likeness (QED) is 0.0882. The van der Waals surface area contributed by atoms with E-state index in [2.05, 4.69) is 0 Å². The van der Waals surface area contributed by atoms with Crippen LogP contribution in [0.15, 0.2) is 0 Å². The maximum atomic E-state index is 12.5. The van der Waals surface area contributed by atoms with Crippen molar-refractivity contribution >= 4 is 40.7 Å². The molecule has 18 nitrogen and oxygen atoms in total. The standard InChI is InChI=1S/C17H31O18P3/c1-3-4-5-31-6-10-14(33-36(24,25)7-11(18)19)15(34-37(26,27)8-12(20)21)16(17(30-2)32-10)35-38(28,29)9-13(22)23/h10,14-17H,3-9H2,1-2H3,(H,18,19)(H,20,21)(H,22,23)(H,24,25)(H,26,27)(H,28,29)/t10-,14-,15+,16+,17+/m1/s1. The van der Waals surface area contributed by atoms with E-state index in [1.807, 2.05) is 6.92 Å². The average molecular weight is 616 g/mol. The Balaban J connectivity index is 3.60. The Hall–Kier alpha value is -1.26. The van der Waals surface area contributed by atoms with Gasteiger partial charge in [-0.25, -0.2) is 0 Å². The fourth-order valence-corrected chi connectivity index (χ4v) is 6.31. The van der Waals surface area contributed by atoms with Crippen LogP contribution in [-0.2, 0) is 55.9 Å². The first-order chi connectivity index (χ1) is 17.4. The molecule has 38 heavy (non-hydrogen) atoms. The molecular formula is C17H31O18P3. The number of aliphatic carboxylic acids is 3. The van der Waals surface area contributed by atoms with Crippen molar-refractivity contribution in [3.8, 4) is 0 Å². The van der Waals surface area contributed by atoms with Gasteiger partial charge in [0, 0.05) is 13.7 Å². The topological polar surface area (TPSA) is 279 Å². The minimum absolute atomic E-state index is 0.139. The van der Waals surface area contributed by atoms with E-state index in [4.69, 9.17) is 43.1 Å². The normalized spacial score (nSPS) is 28.5. The van der Waals surface area contributed by atoms with Gasteiger partial charge in [0.15, 0.2) is 6.29 Å². The highest BCUT2D eigenvalue weighted by Gasteiger charge is 2.55. The summed E-state index contributed by atoms with van der Waals surface area (Å²) in [7, 11) is -14.3. The van der Waals surface area contributed by atoms with Crippen molar-refractivity contribution in [2.45, 2.75) is 50.5 Å². The van der Waals surface area contributed by atoms with E-state index in [1.165, 1.54) is 0 Å². The Morgan fingerprint density at radius 2 is 1.18 bits per heavy atom. The van der Waals surface area contributed by atoms with E-state index in [-0.39, 0.29) is 6.61 Å². The van der Waals surface area contributed by atoms with Crippen molar-refractivity contribution in [1.29, 1.82) is 0 Å². The van der Waals surface area contributed by atoms with E-state index < -0.39 is 96.5 Å². The van der Waals surface area contributed by atoms with Gasteiger partial charge < -0.3 is 44.2 Å². The Morgan fingerprint density at radius 3 is 1.58 bits per heavy atom. The molecule has 222 valence electrons. The highest BCUT2D eigenvalue weighted by Crippen LogP contribution is 2.53. The third-order valence-electron chi connectivity index (χ3n) is 4.61. The molecule has 0 aromatic carbocycles. The molecule has 8 atom stereocenters. The van der Waals surface area contributed by atoms with Gasteiger partial charge in [0.05, 0.1) is 6.61 Å². The first kappa shape index (κ1) is 34.8. The van der Waals surface area contributed by atoms with Crippen LogP contribution in [0.4, 0.5) is 0 Å². The predicted molar refractivity (Wildman–Crippen MR) is 123 cm³/mol. The van der Waals surface area contributed by atoms with Crippen LogP contribution < -0.4 is 0 Å². The molecule has 0 bridgehead atoms. The maximum absolute atomic E-state index is 12.5. The molecule has 1 rings (SSSR count). The van der Waals surface area contributed by atoms with Crippen LogP contribution in [0.1, 0.15) is 19.8 Å². The lowest BCUT2D eigenvalue weighted by atomic mass is 9.99. The van der Waals surface area contributed by atoms with Crippen LogP contribution in [0.2, 0.25) is 0 Å². The third-order valence-corrected chi connectivity index (χ3v) is 8.34. The van der Waals surface area contributed by atoms with Crippen LogP contribution in [0.3, 0.4) is 0 Å². The molecule has 0 amide bonds. The smallest absolute Gasteiger partial charge is 0.339 e. The van der Waals surface area contributed by atoms with E-state index in [9.17, 15) is 42.8 Å². The summed E-state index contributed by atoms with van der Waals surface area (Å²) in [5.41, 5.74) is 0. The van der Waals surface area contributed by atoms with Gasteiger partial charge in [0.2, 0.25) is 0 Å². The zero-order chi connectivity index (χ0) is 29.3. The summed E-state index contributed by atoms with van der Waals surface area (Å²) in [5, 5.41) is 26.8. The van der Waals surface area contributed by atoms with Crippen LogP contribution >= 0.6 is 22.8 Å². The molecule has 0 spiro atoms. The number of methoxy groups -OCH3 is 1. The molecule has 1 heterocycles. The summed E-state index contributed by atoms with van der Waals surface area (Å²) in [6, 6.07) is 0. The van der Waals surface area contributed by atoms with Gasteiger partial charge in [0.25, 0.3) is 0 Å². The van der Waals surface area contributed by atoms with Crippen molar-refractivity contribution in [3.05, 3.63) is 0 Å². The molecule has 6 N–H and O–H groups in total. The molecular weight excluding hydrogens is 585 g/mol. The monoisotopic (exact) mass is 616 g/mol. The molecule has 21 heteroatoms. The minimum atomic E-state index is -5.16. The van der Waals surface area contributed by atoms with Crippen molar-refractivity contribution in [3.63, 3.8) is 0 Å². The fraction of sp³-hybridized carbons (Fsp3) is 0.824. The van der Waals surface area contributed by atoms with Crippen LogP contribution in [0, 0.1) is 0 Å². The van der Waals surface area contributed by atoms with E-state index in [0.717, 1.165) is 7.11 Å². The van der Waals surface area contributed by atoms with Crippen molar-refractivity contribution in [1.82, 2.24) is 0 Å². The number of hydrogen-bond donors (Lipinski definition) is 6. The molecule has 1 saturated heterocycles. The van der Waals surface area contributed by atoms with Crippen LogP contribution in [0.5, 0.6) is 0 Å². The molecule has 0 aliphatic carbocycles. The lowest BCUT2D eigenvalue weighted by Gasteiger charge is -2.45. The summed E-state index contributed by atoms with van der Waals surface area (Å²) in [5.74, 6) is -5.37. The number of carbonyl (C=O) groups is 3. The molecule has 1 aliphatic rings. The summed E-state index contributed by atoms with van der Waals surface area (Å²) in [6.45, 7) is 1.52. The second kappa shape index (κ2) is 14.9. The Labute approximate surface area is 216 Å². The molecule has 0 saturated carbocycles. The zero-order valence-electron chi connectivity index (χ0n) is 20.3. The van der Waals surface area contributed by atoms with Gasteiger partial charge in [-0.15, -0.1) is 0 Å². The Morgan fingerprint density at radius 1 is 0.763 bits per heavy atom. The zero-order valence-corrected chi connectivity index (χ0v) is 22.9. The minimum Gasteiger partial charge on any atom is -0.481 e. The van der Waals surface area contributed by atoms with Gasteiger partial charge in [-0.2, -0.15) is 0 Å². The SMILES string of the molecule is CCCCOC[C@H]1O[C@H](OC)[C@@H](OP(=O)(O)CC(=O)O)[C@@H](OP(=O)(O)CC(=O)O)[C@@H]1OP(=O)(O)CC(=O)O. The fourth-order valence-electron chi connectivity index (χ4n) is 3.20. The van der Waals surface area contributed by atoms with Gasteiger partial charge in [-0.05, 0) is 6.42 Å². The Kier molecular flexibility index (Phi) is 13.7. The largest absolute Gasteiger partial charge is 0.481 e. The lowest BCUT2D eigenvalue weighted by molar-refractivity contribution is -0.284. The molecule has 1 aliphatic heterocycles. The van der Waals surface area contributed by atoms with Crippen LogP contribution in [-0.4, -0.2) is 117 Å². The first-order valence-electron chi connectivity index (χ1n) is 10.8. The molecule has 3 unspecified atom stereocenters. The predicted octanol–water partition coefficient (Wildman–Crippen LogP) is 0.140. The highest BCUT2D eigenvalue weighted by atomic mass is 31.2. The summed E-state index contributed by atoms with van der Waals surface area (Å²) < 4.78 is 68.5. The molecule has 0 radical (unpaired) electrons. The molecule has 0 aromatic rings. The number of hydrogen-bond acceptors (Lipinski definition) is 12. The average Bonchev–Trinajstić information content (AvgIpc) is 2.71. The second-order valence-electron chi connectivity index (χ2n) is 7.99. The number of ether oxygens (including phenoxy) is 3. The number of carboxylic acids is 3. The number of carboxylic acid groups (broad SMARTS) is 3. The highest BCUT2D eigenvalue weighted by molar-refractivity contribution is 7.54. The van der Waals surface area contributed by atoms with Gasteiger partial charge in [-0.3, -0.25) is 41.6 Å². The molecule has 1 fully saturated rings. The second-order valence-corrected chi connectivity index (χ2v) is 13.4.